The molecule has 0 aliphatic heterocycles. The maximum absolute atomic E-state index is 12.9. The van der Waals surface area contributed by atoms with Crippen LogP contribution in [0.15, 0.2) is 122 Å². The van der Waals surface area contributed by atoms with Gasteiger partial charge in [-0.3, -0.25) is 14.4 Å². The van der Waals surface area contributed by atoms with Gasteiger partial charge in [0.15, 0.2) is 6.10 Å². The van der Waals surface area contributed by atoms with E-state index in [9.17, 15) is 14.4 Å². The molecule has 0 N–H and O–H groups in total. The normalized spacial score (nSPS) is 12.9. The molecule has 1 atom stereocenters. The monoisotopic (exact) mass is 1050 g/mol. The lowest BCUT2D eigenvalue weighted by Crippen LogP contribution is -2.30. The van der Waals surface area contributed by atoms with Crippen LogP contribution in [0.4, 0.5) is 0 Å². The summed E-state index contributed by atoms with van der Waals surface area (Å²) in [4.78, 5) is 38.2. The molecule has 0 amide bonds. The van der Waals surface area contributed by atoms with Crippen LogP contribution >= 0.6 is 0 Å². The molecule has 0 aliphatic carbocycles. The lowest BCUT2D eigenvalue weighted by molar-refractivity contribution is -0.167. The van der Waals surface area contributed by atoms with Gasteiger partial charge in [-0.1, -0.05) is 271 Å². The van der Waals surface area contributed by atoms with Gasteiger partial charge in [-0.15, -0.1) is 0 Å². The molecule has 6 heteroatoms. The minimum atomic E-state index is -0.797. The molecular weight excluding hydrogens is 937 g/mol. The molecule has 0 heterocycles. The molecular formula is C70H116O6. The van der Waals surface area contributed by atoms with Crippen molar-refractivity contribution in [2.75, 3.05) is 13.2 Å². The molecule has 0 fully saturated rings. The molecule has 1 unspecified atom stereocenters. The van der Waals surface area contributed by atoms with Gasteiger partial charge in [-0.2, -0.15) is 0 Å². The van der Waals surface area contributed by atoms with Gasteiger partial charge in [-0.05, 0) is 116 Å². The number of hydrogen-bond donors (Lipinski definition) is 0. The number of carbonyl (C=O) groups is 3. The summed E-state index contributed by atoms with van der Waals surface area (Å²) in [5.41, 5.74) is 0. The van der Waals surface area contributed by atoms with E-state index in [1.165, 1.54) is 109 Å². The predicted octanol–water partition coefficient (Wildman–Crippen LogP) is 21.6. The second kappa shape index (κ2) is 63.3. The van der Waals surface area contributed by atoms with E-state index in [-0.39, 0.29) is 31.1 Å². The number of hydrogen-bond acceptors (Lipinski definition) is 6. The minimum absolute atomic E-state index is 0.0915. The van der Waals surface area contributed by atoms with Gasteiger partial charge in [0.25, 0.3) is 0 Å². The predicted molar refractivity (Wildman–Crippen MR) is 330 cm³/mol. The second-order valence-corrected chi connectivity index (χ2v) is 20.6. The van der Waals surface area contributed by atoms with E-state index < -0.39 is 6.10 Å². The van der Waals surface area contributed by atoms with Crippen molar-refractivity contribution in [3.05, 3.63) is 122 Å². The first kappa shape index (κ1) is 71.8. The molecule has 0 bridgehead atoms. The number of allylic oxidation sites excluding steroid dienone is 20. The van der Waals surface area contributed by atoms with Crippen LogP contribution in [0.2, 0.25) is 0 Å². The number of ether oxygens (including phenoxy) is 3. The van der Waals surface area contributed by atoms with E-state index in [2.05, 4.69) is 142 Å². The maximum atomic E-state index is 12.9. The topological polar surface area (TPSA) is 78.9 Å². The Morgan fingerprint density at radius 1 is 0.276 bits per heavy atom. The van der Waals surface area contributed by atoms with E-state index in [1.807, 2.05) is 0 Å². The number of carbonyl (C=O) groups excluding carboxylic acids is 3. The van der Waals surface area contributed by atoms with E-state index in [1.54, 1.807) is 0 Å². The Kier molecular flexibility index (Phi) is 59.9. The summed E-state index contributed by atoms with van der Waals surface area (Å²) in [5, 5.41) is 0. The van der Waals surface area contributed by atoms with Crippen molar-refractivity contribution in [1.82, 2.24) is 0 Å². The van der Waals surface area contributed by atoms with Gasteiger partial charge in [0.1, 0.15) is 13.2 Å². The first-order chi connectivity index (χ1) is 37.5. The summed E-state index contributed by atoms with van der Waals surface area (Å²) < 4.78 is 16.9. The lowest BCUT2D eigenvalue weighted by atomic mass is 10.0. The minimum Gasteiger partial charge on any atom is -0.462 e. The quantitative estimate of drug-likeness (QED) is 0.0261. The molecule has 0 aromatic rings. The average Bonchev–Trinajstić information content (AvgIpc) is 3.42. The van der Waals surface area contributed by atoms with Gasteiger partial charge in [0, 0.05) is 19.3 Å². The standard InChI is InChI=1S/C70H116O6/c1-4-7-10-13-16-19-22-25-27-28-29-30-31-32-33-34-35-36-37-38-39-40-41-42-44-45-48-51-54-57-60-63-69(72)75-66-67(65-74-68(71)62-59-56-53-50-47-24-21-18-15-12-9-6-3)76-70(73)64-61-58-55-52-49-46-43-26-23-20-17-14-11-8-5-2/h7,10,16,19,25-27,29-30,32-33,35-36,38-39,41-43,45,48,67H,4-6,8-9,11-15,17-18,20-24,28,31,34,37,40,44,46-47,49-66H2,1-3H3/b10-7-,19-16-,27-25-,30-29-,33-32-,36-35-,39-38-,42-41-,43-26-,48-45-. The summed E-state index contributed by atoms with van der Waals surface area (Å²) in [6.45, 7) is 6.49. The van der Waals surface area contributed by atoms with Gasteiger partial charge in [0.2, 0.25) is 0 Å². The number of unbranched alkanes of at least 4 members (excludes halogenated alkanes) is 25. The Labute approximate surface area is 469 Å². The summed E-state index contributed by atoms with van der Waals surface area (Å²) in [7, 11) is 0. The Morgan fingerprint density at radius 3 is 0.829 bits per heavy atom. The molecule has 0 saturated heterocycles. The van der Waals surface area contributed by atoms with Gasteiger partial charge in [0.05, 0.1) is 0 Å². The van der Waals surface area contributed by atoms with Crippen molar-refractivity contribution in [2.45, 2.75) is 290 Å². The molecule has 432 valence electrons. The van der Waals surface area contributed by atoms with E-state index in [4.69, 9.17) is 14.2 Å². The molecule has 6 nitrogen and oxygen atoms in total. The van der Waals surface area contributed by atoms with E-state index >= 15 is 0 Å². The van der Waals surface area contributed by atoms with Gasteiger partial charge >= 0.3 is 17.9 Å². The van der Waals surface area contributed by atoms with Crippen molar-refractivity contribution in [1.29, 1.82) is 0 Å². The fourth-order valence-corrected chi connectivity index (χ4v) is 8.49. The molecule has 0 saturated carbocycles. The molecule has 0 aromatic carbocycles. The fraction of sp³-hybridized carbons (Fsp3) is 0.671. The van der Waals surface area contributed by atoms with Gasteiger partial charge < -0.3 is 14.2 Å². The third kappa shape index (κ3) is 60.7. The van der Waals surface area contributed by atoms with E-state index in [0.717, 1.165) is 135 Å². The van der Waals surface area contributed by atoms with Crippen LogP contribution in [-0.4, -0.2) is 37.2 Å². The van der Waals surface area contributed by atoms with Crippen LogP contribution in [0.1, 0.15) is 284 Å². The smallest absolute Gasteiger partial charge is 0.306 e. The zero-order valence-corrected chi connectivity index (χ0v) is 49.5. The number of esters is 3. The van der Waals surface area contributed by atoms with Crippen LogP contribution in [0.5, 0.6) is 0 Å². The largest absolute Gasteiger partial charge is 0.462 e. The molecule has 0 aromatic heterocycles. The van der Waals surface area contributed by atoms with Crippen LogP contribution < -0.4 is 0 Å². The summed E-state index contributed by atoms with van der Waals surface area (Å²) >= 11 is 0. The molecule has 0 aliphatic rings. The summed E-state index contributed by atoms with van der Waals surface area (Å²) in [5.74, 6) is -0.931. The zero-order valence-electron chi connectivity index (χ0n) is 49.5. The third-order valence-corrected chi connectivity index (χ3v) is 13.2. The summed E-state index contributed by atoms with van der Waals surface area (Å²) in [6, 6.07) is 0. The lowest BCUT2D eigenvalue weighted by Gasteiger charge is -2.18. The summed E-state index contributed by atoms with van der Waals surface area (Å²) in [6.07, 6.45) is 87.7. The van der Waals surface area contributed by atoms with Gasteiger partial charge in [-0.25, -0.2) is 0 Å². The highest BCUT2D eigenvalue weighted by atomic mass is 16.6. The SMILES string of the molecule is CC/C=C\C/C=C\C/C=C\C/C=C\C/C=C\C/C=C\C/C=C\C/C=C\C/C=C\CCCCCC(=O)OCC(COC(=O)CCCCCCCCCCCCCC)OC(=O)CCCCCCC/C=C\CCCCCCCC. The zero-order chi connectivity index (χ0) is 55.0. The van der Waals surface area contributed by atoms with Crippen LogP contribution in [0, 0.1) is 0 Å². The highest BCUT2D eigenvalue weighted by Crippen LogP contribution is 2.15. The van der Waals surface area contributed by atoms with Crippen LogP contribution in [0.3, 0.4) is 0 Å². The van der Waals surface area contributed by atoms with Crippen LogP contribution in [-0.2, 0) is 28.6 Å². The molecule has 0 rings (SSSR count). The van der Waals surface area contributed by atoms with Crippen LogP contribution in [0.25, 0.3) is 0 Å². The first-order valence-corrected chi connectivity index (χ1v) is 31.5. The van der Waals surface area contributed by atoms with Crippen molar-refractivity contribution < 1.29 is 28.6 Å². The Bertz CT molecular complexity index is 1590. The highest BCUT2D eigenvalue weighted by Gasteiger charge is 2.19. The maximum Gasteiger partial charge on any atom is 0.306 e. The van der Waals surface area contributed by atoms with Crippen molar-refractivity contribution in [2.24, 2.45) is 0 Å². The molecule has 76 heavy (non-hydrogen) atoms. The second-order valence-electron chi connectivity index (χ2n) is 20.6. The molecule has 0 spiro atoms. The Balaban J connectivity index is 4.36. The highest BCUT2D eigenvalue weighted by molar-refractivity contribution is 5.71. The van der Waals surface area contributed by atoms with E-state index in [0.29, 0.717) is 19.3 Å². The third-order valence-electron chi connectivity index (χ3n) is 13.2. The number of rotatable bonds is 56. The molecule has 0 radical (unpaired) electrons. The van der Waals surface area contributed by atoms with Crippen molar-refractivity contribution in [3.8, 4) is 0 Å². The average molecular weight is 1050 g/mol. The first-order valence-electron chi connectivity index (χ1n) is 31.5. The Hall–Kier alpha value is -4.19. The fourth-order valence-electron chi connectivity index (χ4n) is 8.49. The Morgan fingerprint density at radius 2 is 0.513 bits per heavy atom. The van der Waals surface area contributed by atoms with Crippen molar-refractivity contribution in [3.63, 3.8) is 0 Å². The van der Waals surface area contributed by atoms with Crippen molar-refractivity contribution >= 4 is 17.9 Å².